The van der Waals surface area contributed by atoms with Crippen molar-refractivity contribution in [3.8, 4) is 0 Å². The number of rotatable bonds is 3. The minimum Gasteiger partial charge on any atom is -0.305 e. The van der Waals surface area contributed by atoms with Gasteiger partial charge >= 0.3 is 0 Å². The number of carbonyl (C=O) groups excluding carboxylic acids is 1. The van der Waals surface area contributed by atoms with Gasteiger partial charge in [0, 0.05) is 0 Å². The van der Waals surface area contributed by atoms with Crippen LogP contribution in [0.4, 0.5) is 8.78 Å². The van der Waals surface area contributed by atoms with E-state index >= 15 is 0 Å². The van der Waals surface area contributed by atoms with Gasteiger partial charge in [-0.3, -0.25) is 4.79 Å². The summed E-state index contributed by atoms with van der Waals surface area (Å²) in [7, 11) is 0. The van der Waals surface area contributed by atoms with E-state index in [4.69, 9.17) is 0 Å². The Morgan fingerprint density at radius 1 is 1.47 bits per heavy atom. The lowest BCUT2D eigenvalue weighted by Crippen LogP contribution is -2.47. The predicted octanol–water partition coefficient (Wildman–Crippen LogP) is 2.68. The third kappa shape index (κ3) is 1.97. The molecule has 0 bridgehead atoms. The fourth-order valence-corrected chi connectivity index (χ4v) is 2.40. The third-order valence-corrected chi connectivity index (χ3v) is 3.48. The second-order valence-corrected chi connectivity index (χ2v) is 4.40. The normalized spacial score (nSPS) is 23.9. The molecule has 1 atom stereocenters. The average molecular weight is 239 g/mol. The van der Waals surface area contributed by atoms with Gasteiger partial charge in [0.05, 0.1) is 11.1 Å². The van der Waals surface area contributed by atoms with E-state index in [-0.39, 0.29) is 11.3 Å². The highest BCUT2D eigenvalue weighted by molar-refractivity contribution is 6.03. The minimum atomic E-state index is -1.04. The van der Waals surface area contributed by atoms with Crippen LogP contribution in [0.15, 0.2) is 18.2 Å². The van der Waals surface area contributed by atoms with E-state index in [2.05, 4.69) is 5.32 Å². The molecule has 1 aromatic rings. The molecule has 1 unspecified atom stereocenters. The van der Waals surface area contributed by atoms with Crippen LogP contribution in [-0.4, -0.2) is 17.9 Å². The first kappa shape index (κ1) is 12.2. The molecule has 0 aromatic heterocycles. The fraction of sp³-hybridized carbons (Fsp3) is 0.462. The maximum Gasteiger partial charge on any atom is 0.185 e. The van der Waals surface area contributed by atoms with Gasteiger partial charge in [-0.2, -0.15) is 0 Å². The number of halogens is 2. The topological polar surface area (TPSA) is 29.1 Å². The molecular formula is C13H15F2NO. The predicted molar refractivity (Wildman–Crippen MR) is 60.9 cm³/mol. The van der Waals surface area contributed by atoms with E-state index in [1.165, 1.54) is 12.1 Å². The average Bonchev–Trinajstić information content (AvgIpc) is 2.82. The third-order valence-electron chi connectivity index (χ3n) is 3.48. The zero-order chi connectivity index (χ0) is 12.5. The van der Waals surface area contributed by atoms with Crippen LogP contribution in [0.25, 0.3) is 0 Å². The molecule has 1 aliphatic rings. The lowest BCUT2D eigenvalue weighted by Gasteiger charge is -2.26. The van der Waals surface area contributed by atoms with Gasteiger partial charge in [-0.15, -0.1) is 0 Å². The van der Waals surface area contributed by atoms with Crippen LogP contribution in [-0.2, 0) is 0 Å². The molecule has 1 aromatic carbocycles. The van der Waals surface area contributed by atoms with Gasteiger partial charge in [-0.1, -0.05) is 13.0 Å². The number of benzene rings is 1. The first-order valence-electron chi connectivity index (χ1n) is 5.84. The molecule has 0 radical (unpaired) electrons. The van der Waals surface area contributed by atoms with Gasteiger partial charge in [0.25, 0.3) is 0 Å². The second-order valence-electron chi connectivity index (χ2n) is 4.40. The lowest BCUT2D eigenvalue weighted by molar-refractivity contribution is 0.0858. The summed E-state index contributed by atoms with van der Waals surface area (Å²) in [6.45, 7) is 2.63. The molecule has 2 nitrogen and oxygen atoms in total. The fourth-order valence-electron chi connectivity index (χ4n) is 2.40. The summed E-state index contributed by atoms with van der Waals surface area (Å²) in [5.74, 6) is -2.35. The number of nitrogens with one attached hydrogen (secondary N) is 1. The van der Waals surface area contributed by atoms with Crippen molar-refractivity contribution in [3.05, 3.63) is 35.4 Å². The zero-order valence-corrected chi connectivity index (χ0v) is 9.72. The Labute approximate surface area is 99.0 Å². The summed E-state index contributed by atoms with van der Waals surface area (Å²) in [4.78, 5) is 12.3. The molecular weight excluding hydrogens is 224 g/mol. The molecule has 0 spiro atoms. The monoisotopic (exact) mass is 239 g/mol. The van der Waals surface area contributed by atoms with Crippen molar-refractivity contribution in [2.24, 2.45) is 0 Å². The van der Waals surface area contributed by atoms with Crippen LogP contribution < -0.4 is 5.32 Å². The highest BCUT2D eigenvalue weighted by atomic mass is 19.2. The number of carbonyl (C=O) groups is 1. The Kier molecular flexibility index (Phi) is 3.24. The smallest absolute Gasteiger partial charge is 0.185 e. The maximum absolute atomic E-state index is 13.6. The molecule has 0 saturated carbocycles. The van der Waals surface area contributed by atoms with Crippen molar-refractivity contribution in [3.63, 3.8) is 0 Å². The number of hydrogen-bond donors (Lipinski definition) is 1. The van der Waals surface area contributed by atoms with Crippen LogP contribution in [0.5, 0.6) is 0 Å². The van der Waals surface area contributed by atoms with E-state index in [0.717, 1.165) is 19.0 Å². The minimum absolute atomic E-state index is 0.152. The van der Waals surface area contributed by atoms with Gasteiger partial charge in [0.2, 0.25) is 0 Å². The largest absolute Gasteiger partial charge is 0.305 e. The molecule has 4 heteroatoms. The molecule has 2 rings (SSSR count). The van der Waals surface area contributed by atoms with Crippen LogP contribution in [0, 0.1) is 11.6 Å². The van der Waals surface area contributed by atoms with Crippen LogP contribution in [0.3, 0.4) is 0 Å². The molecule has 0 aliphatic carbocycles. The summed E-state index contributed by atoms with van der Waals surface area (Å²) < 4.78 is 26.7. The van der Waals surface area contributed by atoms with Gasteiger partial charge in [0.1, 0.15) is 0 Å². The van der Waals surface area contributed by atoms with Crippen LogP contribution >= 0.6 is 0 Å². The molecule has 1 fully saturated rings. The first-order chi connectivity index (χ1) is 8.10. The molecule has 1 aliphatic heterocycles. The number of ketones is 1. The molecule has 0 amide bonds. The highest BCUT2D eigenvalue weighted by Gasteiger charge is 2.40. The summed E-state index contributed by atoms with van der Waals surface area (Å²) >= 11 is 0. The summed E-state index contributed by atoms with van der Waals surface area (Å²) in [6.07, 6.45) is 2.15. The van der Waals surface area contributed by atoms with E-state index < -0.39 is 17.2 Å². The second kappa shape index (κ2) is 4.53. The van der Waals surface area contributed by atoms with E-state index in [9.17, 15) is 13.6 Å². The van der Waals surface area contributed by atoms with Crippen molar-refractivity contribution < 1.29 is 13.6 Å². The summed E-state index contributed by atoms with van der Waals surface area (Å²) in [6, 6.07) is 3.73. The number of hydrogen-bond acceptors (Lipinski definition) is 2. The van der Waals surface area contributed by atoms with Crippen LogP contribution in [0.2, 0.25) is 0 Å². The van der Waals surface area contributed by atoms with Gasteiger partial charge in [0.15, 0.2) is 17.4 Å². The first-order valence-corrected chi connectivity index (χ1v) is 5.84. The Morgan fingerprint density at radius 2 is 2.24 bits per heavy atom. The Bertz CT molecular complexity index is 439. The van der Waals surface area contributed by atoms with Gasteiger partial charge in [-0.25, -0.2) is 8.78 Å². The van der Waals surface area contributed by atoms with Gasteiger partial charge < -0.3 is 5.32 Å². The van der Waals surface area contributed by atoms with Gasteiger partial charge in [-0.05, 0) is 37.9 Å². The molecule has 92 valence electrons. The molecule has 1 N–H and O–H groups in total. The van der Waals surface area contributed by atoms with Crippen molar-refractivity contribution in [1.29, 1.82) is 0 Å². The van der Waals surface area contributed by atoms with Crippen LogP contribution in [0.1, 0.15) is 36.5 Å². The zero-order valence-electron chi connectivity index (χ0n) is 9.72. The highest BCUT2D eigenvalue weighted by Crippen LogP contribution is 2.28. The van der Waals surface area contributed by atoms with Crippen molar-refractivity contribution >= 4 is 5.78 Å². The molecule has 1 saturated heterocycles. The van der Waals surface area contributed by atoms with E-state index in [1.54, 1.807) is 0 Å². The maximum atomic E-state index is 13.6. The number of Topliss-reactive ketones (excluding diaryl/α,β-unsaturated/α-hetero) is 1. The Balaban J connectivity index is 2.39. The quantitative estimate of drug-likeness (QED) is 0.822. The lowest BCUT2D eigenvalue weighted by atomic mass is 9.85. The van der Waals surface area contributed by atoms with E-state index in [0.29, 0.717) is 12.8 Å². The summed E-state index contributed by atoms with van der Waals surface area (Å²) in [5, 5.41) is 3.13. The molecule has 1 heterocycles. The Morgan fingerprint density at radius 3 is 2.82 bits per heavy atom. The van der Waals surface area contributed by atoms with Crippen molar-refractivity contribution in [2.45, 2.75) is 31.7 Å². The summed E-state index contributed by atoms with van der Waals surface area (Å²) in [5.41, 5.74) is -0.865. The van der Waals surface area contributed by atoms with Crippen molar-refractivity contribution in [1.82, 2.24) is 5.32 Å². The standard InChI is InChI=1S/C13H15F2NO/c1-2-13(7-4-8-16-13)12(17)9-5-3-6-10(14)11(9)15/h3,5-6,16H,2,4,7-8H2,1H3. The Hall–Kier alpha value is -1.29. The van der Waals surface area contributed by atoms with Crippen molar-refractivity contribution in [2.75, 3.05) is 6.54 Å². The SMILES string of the molecule is CCC1(C(=O)c2cccc(F)c2F)CCCN1. The molecule has 17 heavy (non-hydrogen) atoms. The van der Waals surface area contributed by atoms with E-state index in [1.807, 2.05) is 6.92 Å².